The van der Waals surface area contributed by atoms with E-state index in [0.29, 0.717) is 0 Å². The van der Waals surface area contributed by atoms with Crippen LogP contribution >= 0.6 is 0 Å². The summed E-state index contributed by atoms with van der Waals surface area (Å²) in [6.45, 7) is 5.93. The average molecular weight is 172 g/mol. The second-order valence-electron chi connectivity index (χ2n) is 3.07. The van der Waals surface area contributed by atoms with Crippen molar-refractivity contribution in [1.82, 2.24) is 0 Å². The summed E-state index contributed by atoms with van der Waals surface area (Å²) in [5, 5.41) is 0. The number of methoxy groups -OCH3 is 2. The molecule has 0 unspecified atom stereocenters. The minimum Gasteiger partial charge on any atom is -0.372 e. The van der Waals surface area contributed by atoms with Crippen molar-refractivity contribution in [3.05, 3.63) is 12.2 Å². The lowest BCUT2D eigenvalue weighted by molar-refractivity contribution is -0.213. The summed E-state index contributed by atoms with van der Waals surface area (Å²) in [6.07, 6.45) is 0.601. The van der Waals surface area contributed by atoms with E-state index < -0.39 is 0 Å². The fraction of sp³-hybridized carbons (Fsp3) is 0.778. The molecule has 70 valence electrons. The normalized spacial score (nSPS) is 36.9. The van der Waals surface area contributed by atoms with Crippen LogP contribution in [-0.2, 0) is 14.2 Å². The summed E-state index contributed by atoms with van der Waals surface area (Å²) in [6, 6.07) is 0. The average Bonchev–Trinajstić information content (AvgIpc) is 2.03. The summed E-state index contributed by atoms with van der Waals surface area (Å²) >= 11 is 0. The lowest BCUT2D eigenvalue weighted by Gasteiger charge is -2.34. The molecular weight excluding hydrogens is 156 g/mol. The SMILES string of the molecule is C=C1C[C@@H](C)O[C@@H](OC)[C@@H]1OC. The van der Waals surface area contributed by atoms with Gasteiger partial charge < -0.3 is 14.2 Å². The Morgan fingerprint density at radius 3 is 2.58 bits per heavy atom. The molecule has 1 saturated heterocycles. The summed E-state index contributed by atoms with van der Waals surface area (Å²) in [7, 11) is 3.25. The van der Waals surface area contributed by atoms with Gasteiger partial charge in [0.1, 0.15) is 6.10 Å². The van der Waals surface area contributed by atoms with E-state index in [4.69, 9.17) is 14.2 Å². The molecule has 0 aromatic heterocycles. The smallest absolute Gasteiger partial charge is 0.187 e. The molecule has 0 amide bonds. The van der Waals surface area contributed by atoms with Crippen LogP contribution in [0.4, 0.5) is 0 Å². The summed E-state index contributed by atoms with van der Waals surface area (Å²) in [5.41, 5.74) is 1.04. The number of ether oxygens (including phenoxy) is 3. The minimum atomic E-state index is -0.300. The van der Waals surface area contributed by atoms with Gasteiger partial charge in [-0.25, -0.2) is 0 Å². The molecule has 0 saturated carbocycles. The van der Waals surface area contributed by atoms with E-state index in [1.54, 1.807) is 14.2 Å². The fourth-order valence-electron chi connectivity index (χ4n) is 1.48. The molecule has 0 aromatic rings. The lowest BCUT2D eigenvalue weighted by Crippen LogP contribution is -2.41. The van der Waals surface area contributed by atoms with Crippen molar-refractivity contribution < 1.29 is 14.2 Å². The molecule has 0 aliphatic carbocycles. The van der Waals surface area contributed by atoms with E-state index in [0.717, 1.165) is 12.0 Å². The van der Waals surface area contributed by atoms with Crippen molar-refractivity contribution in [2.45, 2.75) is 31.8 Å². The maximum atomic E-state index is 5.50. The first kappa shape index (κ1) is 9.71. The minimum absolute atomic E-state index is 0.119. The van der Waals surface area contributed by atoms with Crippen molar-refractivity contribution >= 4 is 0 Å². The van der Waals surface area contributed by atoms with Crippen LogP contribution in [0.25, 0.3) is 0 Å². The van der Waals surface area contributed by atoms with E-state index in [1.165, 1.54) is 0 Å². The van der Waals surface area contributed by atoms with Crippen molar-refractivity contribution in [2.24, 2.45) is 0 Å². The fourth-order valence-corrected chi connectivity index (χ4v) is 1.48. The Bertz CT molecular complexity index is 167. The van der Waals surface area contributed by atoms with Gasteiger partial charge in [0.25, 0.3) is 0 Å². The van der Waals surface area contributed by atoms with Crippen LogP contribution in [0.5, 0.6) is 0 Å². The van der Waals surface area contributed by atoms with Crippen LogP contribution < -0.4 is 0 Å². The van der Waals surface area contributed by atoms with Gasteiger partial charge in [0.15, 0.2) is 6.29 Å². The van der Waals surface area contributed by atoms with Crippen LogP contribution in [0, 0.1) is 0 Å². The quantitative estimate of drug-likeness (QED) is 0.588. The highest BCUT2D eigenvalue weighted by molar-refractivity contribution is 5.08. The molecule has 0 spiro atoms. The molecule has 3 heteroatoms. The second-order valence-corrected chi connectivity index (χ2v) is 3.07. The van der Waals surface area contributed by atoms with Gasteiger partial charge in [-0.2, -0.15) is 0 Å². The third kappa shape index (κ3) is 1.86. The highest BCUT2D eigenvalue weighted by Gasteiger charge is 2.31. The first-order valence-corrected chi connectivity index (χ1v) is 4.07. The molecule has 1 rings (SSSR count). The number of rotatable bonds is 2. The molecule has 0 N–H and O–H groups in total. The van der Waals surface area contributed by atoms with Gasteiger partial charge in [0.2, 0.25) is 0 Å². The Morgan fingerprint density at radius 1 is 1.42 bits per heavy atom. The molecular formula is C9H16O3. The first-order chi connectivity index (χ1) is 5.69. The third-order valence-corrected chi connectivity index (χ3v) is 2.05. The Labute approximate surface area is 73.3 Å². The zero-order valence-electron chi connectivity index (χ0n) is 7.87. The maximum Gasteiger partial charge on any atom is 0.187 e. The van der Waals surface area contributed by atoms with Gasteiger partial charge in [-0.05, 0) is 18.9 Å². The number of hydrogen-bond acceptors (Lipinski definition) is 3. The van der Waals surface area contributed by atoms with Gasteiger partial charge in [0, 0.05) is 14.2 Å². The summed E-state index contributed by atoms with van der Waals surface area (Å²) in [4.78, 5) is 0. The van der Waals surface area contributed by atoms with Crippen molar-refractivity contribution in [3.8, 4) is 0 Å². The lowest BCUT2D eigenvalue weighted by atomic mass is 10.0. The molecule has 3 nitrogen and oxygen atoms in total. The van der Waals surface area contributed by atoms with E-state index in [-0.39, 0.29) is 18.5 Å². The van der Waals surface area contributed by atoms with Crippen molar-refractivity contribution in [3.63, 3.8) is 0 Å². The van der Waals surface area contributed by atoms with Crippen LogP contribution in [0.15, 0.2) is 12.2 Å². The molecule has 0 aromatic carbocycles. The van der Waals surface area contributed by atoms with Crippen molar-refractivity contribution in [1.29, 1.82) is 0 Å². The van der Waals surface area contributed by atoms with Crippen LogP contribution in [-0.4, -0.2) is 32.7 Å². The molecule has 1 heterocycles. The molecule has 3 atom stereocenters. The second kappa shape index (κ2) is 4.03. The Morgan fingerprint density at radius 2 is 2.08 bits per heavy atom. The van der Waals surface area contributed by atoms with E-state index in [9.17, 15) is 0 Å². The topological polar surface area (TPSA) is 27.7 Å². The van der Waals surface area contributed by atoms with Gasteiger partial charge in [-0.1, -0.05) is 6.58 Å². The van der Waals surface area contributed by atoms with E-state index >= 15 is 0 Å². The molecule has 1 aliphatic rings. The zero-order valence-corrected chi connectivity index (χ0v) is 7.87. The summed E-state index contributed by atoms with van der Waals surface area (Å²) in [5.74, 6) is 0. The van der Waals surface area contributed by atoms with Gasteiger partial charge in [0.05, 0.1) is 6.10 Å². The van der Waals surface area contributed by atoms with Crippen molar-refractivity contribution in [2.75, 3.05) is 14.2 Å². The standard InChI is InChI=1S/C9H16O3/c1-6-5-7(2)12-9(11-4)8(6)10-3/h7-9H,1,5H2,2-4H3/t7-,8-,9-/m1/s1. The van der Waals surface area contributed by atoms with Crippen LogP contribution in [0.2, 0.25) is 0 Å². The maximum absolute atomic E-state index is 5.50. The van der Waals surface area contributed by atoms with Crippen LogP contribution in [0.1, 0.15) is 13.3 Å². The van der Waals surface area contributed by atoms with Gasteiger partial charge in [-0.15, -0.1) is 0 Å². The zero-order chi connectivity index (χ0) is 9.14. The Kier molecular flexibility index (Phi) is 3.26. The molecule has 0 bridgehead atoms. The largest absolute Gasteiger partial charge is 0.372 e. The molecule has 1 aliphatic heterocycles. The highest BCUT2D eigenvalue weighted by Crippen LogP contribution is 2.25. The summed E-state index contributed by atoms with van der Waals surface area (Å²) < 4.78 is 15.8. The molecule has 1 fully saturated rings. The first-order valence-electron chi connectivity index (χ1n) is 4.07. The third-order valence-electron chi connectivity index (χ3n) is 2.05. The van der Waals surface area contributed by atoms with Gasteiger partial charge in [-0.3, -0.25) is 0 Å². The predicted octanol–water partition coefficient (Wildman–Crippen LogP) is 1.34. The highest BCUT2D eigenvalue weighted by atomic mass is 16.7. The Hall–Kier alpha value is -0.380. The Balaban J connectivity index is 2.63. The van der Waals surface area contributed by atoms with Crippen LogP contribution in [0.3, 0.4) is 0 Å². The molecule has 0 radical (unpaired) electrons. The van der Waals surface area contributed by atoms with E-state index in [2.05, 4.69) is 6.58 Å². The van der Waals surface area contributed by atoms with Gasteiger partial charge >= 0.3 is 0 Å². The van der Waals surface area contributed by atoms with E-state index in [1.807, 2.05) is 6.92 Å². The predicted molar refractivity (Wildman–Crippen MR) is 45.9 cm³/mol. The monoisotopic (exact) mass is 172 g/mol. The number of hydrogen-bond donors (Lipinski definition) is 0. The molecule has 12 heavy (non-hydrogen) atoms.